The molecule has 2 rings (SSSR count). The van der Waals surface area contributed by atoms with Gasteiger partial charge in [0.1, 0.15) is 5.75 Å². The van der Waals surface area contributed by atoms with Crippen LogP contribution in [0, 0.1) is 6.92 Å². The fourth-order valence-electron chi connectivity index (χ4n) is 2.41. The summed E-state index contributed by atoms with van der Waals surface area (Å²) in [5.41, 5.74) is 1.50. The van der Waals surface area contributed by atoms with Crippen LogP contribution in [-0.4, -0.2) is 38.8 Å². The first-order valence-electron chi connectivity index (χ1n) is 8.09. The minimum absolute atomic E-state index is 0.0150. The monoisotopic (exact) mass is 452 g/mol. The molecule has 0 aliphatic carbocycles. The summed E-state index contributed by atoms with van der Waals surface area (Å²) in [5.74, 6) is 0.118. The standard InChI is InChI=1S/C19H21BrN2O4S/c1-4-11-22(27(24,25)17-8-6-16(26-3)7-9-17)13-19(23)21-18-10-5-15(20)12-14(18)2/h4-10,12H,1,11,13H2,2-3H3,(H,21,23). The number of carbonyl (C=O) groups is 1. The maximum Gasteiger partial charge on any atom is 0.243 e. The molecule has 0 aromatic heterocycles. The van der Waals surface area contributed by atoms with Crippen LogP contribution in [0.3, 0.4) is 0 Å². The Hall–Kier alpha value is -2.16. The molecule has 0 atom stereocenters. The normalized spacial score (nSPS) is 11.3. The Labute approximate surface area is 168 Å². The van der Waals surface area contributed by atoms with Gasteiger partial charge in [-0.3, -0.25) is 4.79 Å². The molecule has 0 unspecified atom stereocenters. The molecular weight excluding hydrogens is 432 g/mol. The SMILES string of the molecule is C=CCN(CC(=O)Nc1ccc(Br)cc1C)S(=O)(=O)c1ccc(OC)cc1. The van der Waals surface area contributed by atoms with Crippen molar-refractivity contribution in [3.8, 4) is 5.75 Å². The van der Waals surface area contributed by atoms with Gasteiger partial charge >= 0.3 is 0 Å². The lowest BCUT2D eigenvalue weighted by Gasteiger charge is -2.20. The molecule has 0 heterocycles. The van der Waals surface area contributed by atoms with E-state index in [-0.39, 0.29) is 18.0 Å². The molecular formula is C19H21BrN2O4S. The number of nitrogens with one attached hydrogen (secondary N) is 1. The molecule has 0 saturated heterocycles. The summed E-state index contributed by atoms with van der Waals surface area (Å²) >= 11 is 3.37. The van der Waals surface area contributed by atoms with Crippen LogP contribution in [0.1, 0.15) is 5.56 Å². The summed E-state index contributed by atoms with van der Waals surface area (Å²) in [4.78, 5) is 12.5. The third-order valence-corrected chi connectivity index (χ3v) is 6.13. The van der Waals surface area contributed by atoms with Crippen LogP contribution < -0.4 is 10.1 Å². The van der Waals surface area contributed by atoms with Crippen LogP contribution in [-0.2, 0) is 14.8 Å². The Balaban J connectivity index is 2.19. The van der Waals surface area contributed by atoms with Crippen molar-refractivity contribution in [3.63, 3.8) is 0 Å². The fraction of sp³-hybridized carbons (Fsp3) is 0.211. The quantitative estimate of drug-likeness (QED) is 0.620. The molecule has 27 heavy (non-hydrogen) atoms. The van der Waals surface area contributed by atoms with E-state index in [0.717, 1.165) is 14.3 Å². The van der Waals surface area contributed by atoms with Crippen molar-refractivity contribution in [2.45, 2.75) is 11.8 Å². The second-order valence-electron chi connectivity index (χ2n) is 5.77. The Bertz CT molecular complexity index is 927. The molecule has 0 saturated carbocycles. The molecule has 1 N–H and O–H groups in total. The summed E-state index contributed by atoms with van der Waals surface area (Å²) in [6.07, 6.45) is 1.44. The van der Waals surface area contributed by atoms with Crippen molar-refractivity contribution in [3.05, 3.63) is 65.2 Å². The first kappa shape index (κ1) is 21.1. The van der Waals surface area contributed by atoms with Crippen molar-refractivity contribution in [1.82, 2.24) is 4.31 Å². The van der Waals surface area contributed by atoms with Crippen LogP contribution in [0.15, 0.2) is 64.5 Å². The van der Waals surface area contributed by atoms with E-state index in [4.69, 9.17) is 4.74 Å². The average Bonchev–Trinajstić information content (AvgIpc) is 2.63. The molecule has 0 aliphatic rings. The van der Waals surface area contributed by atoms with E-state index in [9.17, 15) is 13.2 Å². The molecule has 0 fully saturated rings. The second-order valence-corrected chi connectivity index (χ2v) is 8.62. The summed E-state index contributed by atoms with van der Waals surface area (Å²) in [6.45, 7) is 5.14. The Morgan fingerprint density at radius 1 is 1.26 bits per heavy atom. The second kappa shape index (κ2) is 9.16. The molecule has 8 heteroatoms. The molecule has 1 amide bonds. The topological polar surface area (TPSA) is 75.7 Å². The van der Waals surface area contributed by atoms with E-state index in [2.05, 4.69) is 27.8 Å². The lowest BCUT2D eigenvalue weighted by atomic mass is 10.2. The highest BCUT2D eigenvalue weighted by molar-refractivity contribution is 9.10. The Kier molecular flexibility index (Phi) is 7.18. The maximum absolute atomic E-state index is 12.9. The van der Waals surface area contributed by atoms with Gasteiger partial charge in [-0.15, -0.1) is 6.58 Å². The van der Waals surface area contributed by atoms with Crippen molar-refractivity contribution < 1.29 is 17.9 Å². The molecule has 0 radical (unpaired) electrons. The summed E-state index contributed by atoms with van der Waals surface area (Å²) in [7, 11) is -2.35. The Morgan fingerprint density at radius 3 is 2.48 bits per heavy atom. The smallest absolute Gasteiger partial charge is 0.243 e. The van der Waals surface area contributed by atoms with Gasteiger partial charge in [-0.05, 0) is 55.0 Å². The van der Waals surface area contributed by atoms with E-state index < -0.39 is 15.9 Å². The molecule has 0 bridgehead atoms. The number of halogens is 1. The maximum atomic E-state index is 12.9. The molecule has 2 aromatic carbocycles. The van der Waals surface area contributed by atoms with Gasteiger partial charge in [0.05, 0.1) is 18.6 Å². The van der Waals surface area contributed by atoms with Crippen LogP contribution in [0.5, 0.6) is 5.75 Å². The van der Waals surface area contributed by atoms with Gasteiger partial charge in [0.25, 0.3) is 0 Å². The number of hydrogen-bond donors (Lipinski definition) is 1. The van der Waals surface area contributed by atoms with Crippen LogP contribution in [0.4, 0.5) is 5.69 Å². The van der Waals surface area contributed by atoms with E-state index in [0.29, 0.717) is 11.4 Å². The number of sulfonamides is 1. The predicted octanol–water partition coefficient (Wildman–Crippen LogP) is 3.58. The van der Waals surface area contributed by atoms with E-state index >= 15 is 0 Å². The van der Waals surface area contributed by atoms with Crippen LogP contribution in [0.2, 0.25) is 0 Å². The first-order chi connectivity index (χ1) is 12.8. The Morgan fingerprint density at radius 2 is 1.93 bits per heavy atom. The fourth-order valence-corrected chi connectivity index (χ4v) is 4.25. The highest BCUT2D eigenvalue weighted by Crippen LogP contribution is 2.21. The molecule has 2 aromatic rings. The molecule has 0 spiro atoms. The number of methoxy groups -OCH3 is 1. The number of benzene rings is 2. The van der Waals surface area contributed by atoms with Gasteiger partial charge in [0, 0.05) is 16.7 Å². The minimum atomic E-state index is -3.85. The van der Waals surface area contributed by atoms with Crippen molar-refractivity contribution in [2.24, 2.45) is 0 Å². The van der Waals surface area contributed by atoms with E-state index in [1.807, 2.05) is 13.0 Å². The largest absolute Gasteiger partial charge is 0.497 e. The third kappa shape index (κ3) is 5.41. The van der Waals surface area contributed by atoms with Gasteiger partial charge in [0.15, 0.2) is 0 Å². The van der Waals surface area contributed by atoms with Crippen molar-refractivity contribution in [2.75, 3.05) is 25.5 Å². The number of amides is 1. The number of ether oxygens (including phenoxy) is 1. The van der Waals surface area contributed by atoms with Gasteiger partial charge in [-0.2, -0.15) is 4.31 Å². The van der Waals surface area contributed by atoms with Crippen LogP contribution >= 0.6 is 15.9 Å². The van der Waals surface area contributed by atoms with Gasteiger partial charge < -0.3 is 10.1 Å². The zero-order chi connectivity index (χ0) is 20.0. The molecule has 6 nitrogen and oxygen atoms in total. The average molecular weight is 453 g/mol. The number of anilines is 1. The van der Waals surface area contributed by atoms with Crippen molar-refractivity contribution in [1.29, 1.82) is 0 Å². The van der Waals surface area contributed by atoms with Gasteiger partial charge in [-0.1, -0.05) is 22.0 Å². The van der Waals surface area contributed by atoms with E-state index in [1.165, 1.54) is 25.3 Å². The minimum Gasteiger partial charge on any atom is -0.497 e. The lowest BCUT2D eigenvalue weighted by molar-refractivity contribution is -0.116. The van der Waals surface area contributed by atoms with Crippen LogP contribution in [0.25, 0.3) is 0 Å². The number of aryl methyl sites for hydroxylation is 1. The zero-order valence-corrected chi connectivity index (χ0v) is 17.5. The highest BCUT2D eigenvalue weighted by Gasteiger charge is 2.26. The lowest BCUT2D eigenvalue weighted by Crippen LogP contribution is -2.38. The number of hydrogen-bond acceptors (Lipinski definition) is 4. The number of rotatable bonds is 8. The zero-order valence-electron chi connectivity index (χ0n) is 15.1. The first-order valence-corrected chi connectivity index (χ1v) is 10.3. The van der Waals surface area contributed by atoms with Crippen molar-refractivity contribution >= 4 is 37.5 Å². The molecule has 0 aliphatic heterocycles. The van der Waals surface area contributed by atoms with E-state index in [1.54, 1.807) is 24.3 Å². The summed E-state index contributed by atoms with van der Waals surface area (Å²) in [6, 6.07) is 11.4. The highest BCUT2D eigenvalue weighted by atomic mass is 79.9. The summed E-state index contributed by atoms with van der Waals surface area (Å²) < 4.78 is 32.8. The number of nitrogens with zero attached hydrogens (tertiary/aromatic N) is 1. The van der Waals surface area contributed by atoms with Gasteiger partial charge in [-0.25, -0.2) is 8.42 Å². The predicted molar refractivity (Wildman–Crippen MR) is 109 cm³/mol. The number of carbonyl (C=O) groups excluding carboxylic acids is 1. The molecule has 144 valence electrons. The third-order valence-electron chi connectivity index (χ3n) is 3.81. The van der Waals surface area contributed by atoms with Gasteiger partial charge in [0.2, 0.25) is 15.9 Å². The summed E-state index contributed by atoms with van der Waals surface area (Å²) in [5, 5.41) is 2.75.